The molecule has 118 valence electrons. The molecule has 0 aromatic carbocycles. The molecule has 1 N–H and O–H groups in total. The van der Waals surface area contributed by atoms with Gasteiger partial charge in [0.1, 0.15) is 12.3 Å². The molecule has 0 atom stereocenters. The van der Waals surface area contributed by atoms with Gasteiger partial charge < -0.3 is 14.6 Å². The second-order valence-electron chi connectivity index (χ2n) is 4.79. The maximum Gasteiger partial charge on any atom is 0.246 e. The van der Waals surface area contributed by atoms with E-state index in [0.29, 0.717) is 18.0 Å². The second kappa shape index (κ2) is 7.66. The van der Waals surface area contributed by atoms with Crippen molar-refractivity contribution in [3.63, 3.8) is 0 Å². The predicted molar refractivity (Wildman–Crippen MR) is 85.6 cm³/mol. The summed E-state index contributed by atoms with van der Waals surface area (Å²) in [7, 11) is 0. The average molecular weight is 329 g/mol. The van der Waals surface area contributed by atoms with Crippen molar-refractivity contribution >= 4 is 17.2 Å². The molecule has 23 heavy (non-hydrogen) atoms. The zero-order valence-electron chi connectivity index (χ0n) is 12.3. The number of carbonyl (C=O) groups excluding carboxylic acids is 1. The molecule has 0 saturated heterocycles. The number of thiophene rings is 1. The number of hydrogen-bond donors (Lipinski definition) is 1. The minimum absolute atomic E-state index is 0.0263. The number of aromatic nitrogens is 2. The van der Waals surface area contributed by atoms with Crippen LogP contribution in [0, 0.1) is 0 Å². The van der Waals surface area contributed by atoms with Gasteiger partial charge in [-0.15, -0.1) is 11.3 Å². The van der Waals surface area contributed by atoms with E-state index in [-0.39, 0.29) is 19.1 Å². The smallest absolute Gasteiger partial charge is 0.246 e. The number of rotatable bonds is 7. The zero-order chi connectivity index (χ0) is 15.9. The molecule has 3 heterocycles. The first-order valence-electron chi connectivity index (χ1n) is 7.04. The number of pyridine rings is 1. The minimum Gasteiger partial charge on any atom is -0.365 e. The van der Waals surface area contributed by atoms with Crippen LogP contribution < -0.4 is 5.32 Å². The lowest BCUT2D eigenvalue weighted by Gasteiger charge is -2.05. The maximum atomic E-state index is 11.7. The lowest BCUT2D eigenvalue weighted by atomic mass is 10.3. The highest BCUT2D eigenvalue weighted by molar-refractivity contribution is 7.13. The van der Waals surface area contributed by atoms with Crippen LogP contribution in [0.15, 0.2) is 52.6 Å². The first-order chi connectivity index (χ1) is 11.3. The van der Waals surface area contributed by atoms with Crippen LogP contribution in [0.5, 0.6) is 0 Å². The summed E-state index contributed by atoms with van der Waals surface area (Å²) >= 11 is 1.58. The van der Waals surface area contributed by atoms with Crippen LogP contribution in [0.4, 0.5) is 0 Å². The van der Waals surface area contributed by atoms with Crippen LogP contribution in [0.2, 0.25) is 0 Å². The Hall–Kier alpha value is -2.51. The predicted octanol–water partition coefficient (Wildman–Crippen LogP) is 2.63. The summed E-state index contributed by atoms with van der Waals surface area (Å²) in [5.41, 5.74) is 1.60. The summed E-state index contributed by atoms with van der Waals surface area (Å²) < 4.78 is 10.6. The molecule has 1 amide bonds. The highest BCUT2D eigenvalue weighted by Crippen LogP contribution is 2.25. The Morgan fingerprint density at radius 3 is 3.09 bits per heavy atom. The lowest BCUT2D eigenvalue weighted by Crippen LogP contribution is -2.27. The van der Waals surface area contributed by atoms with Gasteiger partial charge in [0.05, 0.1) is 11.5 Å². The van der Waals surface area contributed by atoms with Gasteiger partial charge in [0.25, 0.3) is 0 Å². The summed E-state index contributed by atoms with van der Waals surface area (Å²) in [5.74, 6) is 0.524. The summed E-state index contributed by atoms with van der Waals surface area (Å²) in [5, 5.41) is 8.67. The van der Waals surface area contributed by atoms with E-state index in [1.807, 2.05) is 35.7 Å². The molecule has 0 fully saturated rings. The fourth-order valence-electron chi connectivity index (χ4n) is 1.92. The van der Waals surface area contributed by atoms with Crippen LogP contribution in [0.1, 0.15) is 11.3 Å². The Labute approximate surface area is 137 Å². The topological polar surface area (TPSA) is 77.2 Å². The highest BCUT2D eigenvalue weighted by Gasteiger charge is 2.08. The average Bonchev–Trinajstić information content (AvgIpc) is 3.25. The number of hydrogen-bond acceptors (Lipinski definition) is 6. The van der Waals surface area contributed by atoms with Gasteiger partial charge in [-0.3, -0.25) is 9.78 Å². The molecule has 0 saturated carbocycles. The summed E-state index contributed by atoms with van der Waals surface area (Å²) in [4.78, 5) is 16.7. The van der Waals surface area contributed by atoms with E-state index in [0.717, 1.165) is 10.4 Å². The largest absolute Gasteiger partial charge is 0.365 e. The van der Waals surface area contributed by atoms with E-state index < -0.39 is 0 Å². The van der Waals surface area contributed by atoms with Gasteiger partial charge in [-0.05, 0) is 23.1 Å². The summed E-state index contributed by atoms with van der Waals surface area (Å²) in [6.45, 7) is 0.638. The molecule has 0 spiro atoms. The number of ether oxygens (including phenoxy) is 1. The number of amides is 1. The highest BCUT2D eigenvalue weighted by atomic mass is 32.1. The number of nitrogens with zero attached hydrogens (tertiary/aromatic N) is 2. The molecule has 7 heteroatoms. The van der Waals surface area contributed by atoms with Crippen LogP contribution in [0.25, 0.3) is 10.6 Å². The normalized spacial score (nSPS) is 10.6. The molecule has 6 nitrogen and oxygen atoms in total. The molecule has 0 aliphatic carbocycles. The summed E-state index contributed by atoms with van der Waals surface area (Å²) in [6.07, 6.45) is 3.40. The first-order valence-corrected chi connectivity index (χ1v) is 7.92. The number of nitrogens with one attached hydrogen (secondary N) is 1. The summed E-state index contributed by atoms with van der Waals surface area (Å²) in [6, 6.07) is 9.45. The quantitative estimate of drug-likeness (QED) is 0.721. The SMILES string of the molecule is O=C(COCc1cc(-c2cccs2)on1)NCc1cccnc1. The Bertz CT molecular complexity index is 741. The monoisotopic (exact) mass is 329 g/mol. The van der Waals surface area contributed by atoms with Crippen molar-refractivity contribution in [3.05, 3.63) is 59.4 Å². The second-order valence-corrected chi connectivity index (χ2v) is 5.74. The van der Waals surface area contributed by atoms with E-state index in [9.17, 15) is 4.79 Å². The Kier molecular flexibility index (Phi) is 5.13. The van der Waals surface area contributed by atoms with Gasteiger partial charge in [0.2, 0.25) is 5.91 Å². The van der Waals surface area contributed by atoms with Crippen molar-refractivity contribution in [2.45, 2.75) is 13.2 Å². The molecule has 3 rings (SSSR count). The van der Waals surface area contributed by atoms with E-state index in [1.54, 1.807) is 23.7 Å². The molecular weight excluding hydrogens is 314 g/mol. The van der Waals surface area contributed by atoms with E-state index in [2.05, 4.69) is 15.5 Å². The third-order valence-electron chi connectivity index (χ3n) is 3.02. The maximum absolute atomic E-state index is 11.7. The van der Waals surface area contributed by atoms with Crippen LogP contribution >= 0.6 is 11.3 Å². The lowest BCUT2D eigenvalue weighted by molar-refractivity contribution is -0.126. The van der Waals surface area contributed by atoms with Crippen LogP contribution in [0.3, 0.4) is 0 Å². The third-order valence-corrected chi connectivity index (χ3v) is 3.90. The van der Waals surface area contributed by atoms with Crippen molar-refractivity contribution in [2.75, 3.05) is 6.61 Å². The molecule has 0 aliphatic rings. The van der Waals surface area contributed by atoms with Gasteiger partial charge in [-0.2, -0.15) is 0 Å². The van der Waals surface area contributed by atoms with Gasteiger partial charge in [-0.1, -0.05) is 17.3 Å². The number of carbonyl (C=O) groups is 1. The van der Waals surface area contributed by atoms with E-state index in [1.165, 1.54) is 0 Å². The Balaban J connectivity index is 1.40. The van der Waals surface area contributed by atoms with Gasteiger partial charge in [0.15, 0.2) is 5.76 Å². The molecule has 3 aromatic heterocycles. The molecule has 0 unspecified atom stereocenters. The molecule has 3 aromatic rings. The van der Waals surface area contributed by atoms with Crippen molar-refractivity contribution in [1.29, 1.82) is 0 Å². The van der Waals surface area contributed by atoms with E-state index in [4.69, 9.17) is 9.26 Å². The van der Waals surface area contributed by atoms with Gasteiger partial charge in [-0.25, -0.2) is 0 Å². The Morgan fingerprint density at radius 1 is 1.35 bits per heavy atom. The van der Waals surface area contributed by atoms with Crippen LogP contribution in [-0.4, -0.2) is 22.7 Å². The molecular formula is C16H15N3O3S. The molecule has 0 aliphatic heterocycles. The zero-order valence-corrected chi connectivity index (χ0v) is 13.1. The van der Waals surface area contributed by atoms with Crippen molar-refractivity contribution in [2.24, 2.45) is 0 Å². The van der Waals surface area contributed by atoms with Crippen molar-refractivity contribution in [3.8, 4) is 10.6 Å². The van der Waals surface area contributed by atoms with Crippen molar-refractivity contribution in [1.82, 2.24) is 15.5 Å². The molecule has 0 bridgehead atoms. The standard InChI is InChI=1S/C16H15N3O3S/c20-16(18-9-12-3-1-5-17-8-12)11-21-10-13-7-14(22-19-13)15-4-2-6-23-15/h1-8H,9-11H2,(H,18,20). The van der Waals surface area contributed by atoms with Gasteiger partial charge >= 0.3 is 0 Å². The Morgan fingerprint density at radius 2 is 2.30 bits per heavy atom. The van der Waals surface area contributed by atoms with Crippen molar-refractivity contribution < 1.29 is 14.1 Å². The van der Waals surface area contributed by atoms with E-state index >= 15 is 0 Å². The molecule has 0 radical (unpaired) electrons. The van der Waals surface area contributed by atoms with Crippen LogP contribution in [-0.2, 0) is 22.7 Å². The van der Waals surface area contributed by atoms with Gasteiger partial charge in [0, 0.05) is 25.0 Å². The third kappa shape index (κ3) is 4.48. The fourth-order valence-corrected chi connectivity index (χ4v) is 2.59. The first kappa shape index (κ1) is 15.4. The minimum atomic E-state index is -0.184. The fraction of sp³-hybridized carbons (Fsp3) is 0.188.